The number of carbonyl (C=O) groups excluding carboxylic acids is 1. The molecule has 1 heterocycles. The molecule has 2 rings (SSSR count). The van der Waals surface area contributed by atoms with Crippen molar-refractivity contribution < 1.29 is 4.79 Å². The molecule has 0 spiro atoms. The van der Waals surface area contributed by atoms with Crippen molar-refractivity contribution >= 4 is 12.1 Å². The Morgan fingerprint density at radius 3 is 2.32 bits per heavy atom. The van der Waals surface area contributed by atoms with Crippen LogP contribution in [0, 0.1) is 20.8 Å². The van der Waals surface area contributed by atoms with Gasteiger partial charge in [0.25, 0.3) is 0 Å². The number of nitrogens with zero attached hydrogens (tertiary/aromatic N) is 2. The lowest BCUT2D eigenvalue weighted by Gasteiger charge is -2.09. The van der Waals surface area contributed by atoms with Crippen LogP contribution in [0.4, 0.5) is 5.82 Å². The molecule has 0 aliphatic heterocycles. The highest BCUT2D eigenvalue weighted by atomic mass is 16.1. The Kier molecular flexibility index (Phi) is 3.42. The Hall–Kier alpha value is -2.10. The molecule has 1 aromatic heterocycles. The summed E-state index contributed by atoms with van der Waals surface area (Å²) in [7, 11) is 0. The van der Waals surface area contributed by atoms with Crippen LogP contribution in [0.5, 0.6) is 0 Å². The molecule has 0 aliphatic rings. The minimum Gasteiger partial charge on any atom is -0.383 e. The summed E-state index contributed by atoms with van der Waals surface area (Å²) >= 11 is 0. The van der Waals surface area contributed by atoms with Crippen LogP contribution in [-0.4, -0.2) is 16.1 Å². The van der Waals surface area contributed by atoms with Crippen molar-refractivity contribution in [2.75, 3.05) is 5.73 Å². The molecule has 0 aliphatic carbocycles. The van der Waals surface area contributed by atoms with E-state index in [-0.39, 0.29) is 0 Å². The predicted molar refractivity (Wildman–Crippen MR) is 77.3 cm³/mol. The van der Waals surface area contributed by atoms with E-state index in [1.165, 1.54) is 5.56 Å². The molecule has 2 aromatic rings. The third kappa shape index (κ3) is 2.14. The van der Waals surface area contributed by atoms with Gasteiger partial charge in [0, 0.05) is 12.1 Å². The van der Waals surface area contributed by atoms with E-state index in [1.54, 1.807) is 4.68 Å². The second-order valence-electron chi connectivity index (χ2n) is 4.85. The van der Waals surface area contributed by atoms with Crippen molar-refractivity contribution in [3.63, 3.8) is 0 Å². The summed E-state index contributed by atoms with van der Waals surface area (Å²) in [5.41, 5.74) is 11.6. The lowest BCUT2D eigenvalue weighted by molar-refractivity contribution is 0.112. The highest BCUT2D eigenvalue weighted by Crippen LogP contribution is 2.31. The monoisotopic (exact) mass is 257 g/mol. The first-order valence-corrected chi connectivity index (χ1v) is 6.39. The van der Waals surface area contributed by atoms with Gasteiger partial charge in [-0.05, 0) is 38.8 Å². The highest BCUT2D eigenvalue weighted by Gasteiger charge is 2.19. The number of nitrogens with two attached hydrogens (primary N) is 1. The molecule has 1 aromatic carbocycles. The van der Waals surface area contributed by atoms with Crippen LogP contribution in [0.25, 0.3) is 11.3 Å². The molecule has 4 nitrogen and oxygen atoms in total. The number of hydrogen-bond acceptors (Lipinski definition) is 3. The first-order chi connectivity index (χ1) is 8.99. The first kappa shape index (κ1) is 13.3. The van der Waals surface area contributed by atoms with Crippen molar-refractivity contribution in [1.29, 1.82) is 0 Å². The van der Waals surface area contributed by atoms with Crippen molar-refractivity contribution in [3.05, 3.63) is 34.4 Å². The number of benzene rings is 1. The van der Waals surface area contributed by atoms with Gasteiger partial charge in [0.15, 0.2) is 6.29 Å². The number of aromatic nitrogens is 2. The number of aryl methyl sites for hydroxylation is 4. The topological polar surface area (TPSA) is 60.9 Å². The zero-order valence-electron chi connectivity index (χ0n) is 11.8. The van der Waals surface area contributed by atoms with E-state index in [0.717, 1.165) is 23.0 Å². The largest absolute Gasteiger partial charge is 0.383 e. The van der Waals surface area contributed by atoms with Crippen LogP contribution in [0.15, 0.2) is 12.1 Å². The Morgan fingerprint density at radius 2 is 1.84 bits per heavy atom. The smallest absolute Gasteiger partial charge is 0.156 e. The van der Waals surface area contributed by atoms with E-state index < -0.39 is 0 Å². The van der Waals surface area contributed by atoms with Crippen molar-refractivity contribution in [2.24, 2.45) is 0 Å². The summed E-state index contributed by atoms with van der Waals surface area (Å²) < 4.78 is 1.66. The van der Waals surface area contributed by atoms with Gasteiger partial charge in [0.05, 0.1) is 5.56 Å². The molecule has 0 saturated carbocycles. The summed E-state index contributed by atoms with van der Waals surface area (Å²) in [5, 5.41) is 4.48. The van der Waals surface area contributed by atoms with Crippen LogP contribution in [0.3, 0.4) is 0 Å². The van der Waals surface area contributed by atoms with E-state index in [4.69, 9.17) is 5.73 Å². The van der Waals surface area contributed by atoms with Crippen LogP contribution >= 0.6 is 0 Å². The van der Waals surface area contributed by atoms with Gasteiger partial charge in [-0.1, -0.05) is 17.7 Å². The Bertz CT molecular complexity index is 618. The molecule has 0 radical (unpaired) electrons. The number of rotatable bonds is 3. The molecular weight excluding hydrogens is 238 g/mol. The highest BCUT2D eigenvalue weighted by molar-refractivity contribution is 5.92. The van der Waals surface area contributed by atoms with Gasteiger partial charge in [-0.2, -0.15) is 5.10 Å². The lowest BCUT2D eigenvalue weighted by atomic mass is 9.95. The van der Waals surface area contributed by atoms with Gasteiger partial charge in [-0.25, -0.2) is 4.68 Å². The number of aldehydes is 1. The fraction of sp³-hybridized carbons (Fsp3) is 0.333. The summed E-state index contributed by atoms with van der Waals surface area (Å²) in [6.45, 7) is 8.73. The van der Waals surface area contributed by atoms with Gasteiger partial charge in [-0.15, -0.1) is 0 Å². The first-order valence-electron chi connectivity index (χ1n) is 6.39. The standard InChI is InChI=1S/C15H19N3O/c1-5-18-15(16)12(8-19)14(17-18)13-10(3)6-9(2)7-11(13)4/h6-8H,5,16H2,1-4H3. The molecule has 19 heavy (non-hydrogen) atoms. The van der Waals surface area contributed by atoms with Gasteiger partial charge in [-0.3, -0.25) is 4.79 Å². The van der Waals surface area contributed by atoms with Crippen LogP contribution in [-0.2, 0) is 6.54 Å². The number of carbonyl (C=O) groups is 1. The number of anilines is 1. The molecule has 0 fully saturated rings. The van der Waals surface area contributed by atoms with Gasteiger partial charge in [0.1, 0.15) is 11.5 Å². The fourth-order valence-electron chi connectivity index (χ4n) is 2.58. The second-order valence-corrected chi connectivity index (χ2v) is 4.85. The third-order valence-electron chi connectivity index (χ3n) is 3.36. The lowest BCUT2D eigenvalue weighted by Crippen LogP contribution is -2.02. The Balaban J connectivity index is 2.75. The Labute approximate surface area is 113 Å². The molecular formula is C15H19N3O. The molecule has 0 bridgehead atoms. The molecule has 0 saturated heterocycles. The minimum absolute atomic E-state index is 0.437. The van der Waals surface area contributed by atoms with E-state index in [2.05, 4.69) is 24.2 Å². The molecule has 4 heteroatoms. The van der Waals surface area contributed by atoms with Crippen molar-refractivity contribution in [1.82, 2.24) is 9.78 Å². The van der Waals surface area contributed by atoms with Gasteiger partial charge in [0.2, 0.25) is 0 Å². The van der Waals surface area contributed by atoms with Crippen LogP contribution in [0.1, 0.15) is 34.0 Å². The maximum Gasteiger partial charge on any atom is 0.156 e. The minimum atomic E-state index is 0.437. The summed E-state index contributed by atoms with van der Waals surface area (Å²) in [6.07, 6.45) is 0.794. The SMILES string of the molecule is CCn1nc(-c2c(C)cc(C)cc2C)c(C=O)c1N. The summed E-state index contributed by atoms with van der Waals surface area (Å²) in [6, 6.07) is 4.19. The van der Waals surface area contributed by atoms with Crippen molar-refractivity contribution in [2.45, 2.75) is 34.2 Å². The molecule has 0 atom stereocenters. The summed E-state index contributed by atoms with van der Waals surface area (Å²) in [4.78, 5) is 11.3. The average Bonchev–Trinajstić information content (AvgIpc) is 2.64. The molecule has 2 N–H and O–H groups in total. The second kappa shape index (κ2) is 4.88. The van der Waals surface area contributed by atoms with E-state index >= 15 is 0 Å². The van der Waals surface area contributed by atoms with E-state index in [0.29, 0.717) is 23.6 Å². The summed E-state index contributed by atoms with van der Waals surface area (Å²) in [5.74, 6) is 0.437. The predicted octanol–water partition coefficient (Wildman–Crippen LogP) is 2.89. The maximum absolute atomic E-state index is 11.3. The fourth-order valence-corrected chi connectivity index (χ4v) is 2.58. The quantitative estimate of drug-likeness (QED) is 0.860. The van der Waals surface area contributed by atoms with Crippen molar-refractivity contribution in [3.8, 4) is 11.3 Å². The molecule has 0 amide bonds. The normalized spacial score (nSPS) is 10.7. The Morgan fingerprint density at radius 1 is 1.26 bits per heavy atom. The van der Waals surface area contributed by atoms with Crippen LogP contribution in [0.2, 0.25) is 0 Å². The number of nitrogen functional groups attached to an aromatic ring is 1. The molecule has 100 valence electrons. The maximum atomic E-state index is 11.3. The zero-order valence-corrected chi connectivity index (χ0v) is 11.8. The van der Waals surface area contributed by atoms with E-state index in [9.17, 15) is 4.79 Å². The van der Waals surface area contributed by atoms with Gasteiger partial charge >= 0.3 is 0 Å². The third-order valence-corrected chi connectivity index (χ3v) is 3.36. The number of hydrogen-bond donors (Lipinski definition) is 1. The van der Waals surface area contributed by atoms with Crippen LogP contribution < -0.4 is 5.73 Å². The van der Waals surface area contributed by atoms with E-state index in [1.807, 2.05) is 20.8 Å². The molecule has 0 unspecified atom stereocenters. The average molecular weight is 257 g/mol. The van der Waals surface area contributed by atoms with Gasteiger partial charge < -0.3 is 5.73 Å². The zero-order chi connectivity index (χ0) is 14.2.